The molecule has 9 heteroatoms. The van der Waals surface area contributed by atoms with E-state index in [1.54, 1.807) is 0 Å². The van der Waals surface area contributed by atoms with Gasteiger partial charge in [0.25, 0.3) is 0 Å². The quantitative estimate of drug-likeness (QED) is 0.529. The van der Waals surface area contributed by atoms with Crippen molar-refractivity contribution in [2.75, 3.05) is 26.1 Å². The molecule has 0 atom stereocenters. The molecule has 5 rings (SSSR count). The van der Waals surface area contributed by atoms with Crippen LogP contribution in [-0.2, 0) is 6.54 Å². The van der Waals surface area contributed by atoms with E-state index in [0.29, 0.717) is 23.7 Å². The number of nitrogens with zero attached hydrogens (tertiary/aromatic N) is 7. The molecule has 1 aliphatic rings. The summed E-state index contributed by atoms with van der Waals surface area (Å²) in [5.41, 5.74) is 4.07. The molecule has 156 valence electrons. The van der Waals surface area contributed by atoms with Gasteiger partial charge in [-0.05, 0) is 52.1 Å². The molecule has 1 saturated carbocycles. The maximum Gasteiger partial charge on any atom is 0.241 e. The molecule has 4 aromatic heterocycles. The number of halogens is 1. The third-order valence-corrected chi connectivity index (χ3v) is 5.96. The molecule has 0 spiro atoms. The molecule has 0 saturated heterocycles. The zero-order valence-electron chi connectivity index (χ0n) is 17.4. The first-order chi connectivity index (χ1) is 14.5. The Balaban J connectivity index is 1.43. The van der Waals surface area contributed by atoms with Crippen molar-refractivity contribution in [3.05, 3.63) is 36.4 Å². The highest BCUT2D eigenvalue weighted by Gasteiger charge is 2.31. The van der Waals surface area contributed by atoms with Gasteiger partial charge in [-0.2, -0.15) is 0 Å². The minimum atomic E-state index is -0.451. The highest BCUT2D eigenvalue weighted by Crippen LogP contribution is 2.28. The first-order valence-electron chi connectivity index (χ1n) is 10.2. The summed E-state index contributed by atoms with van der Waals surface area (Å²) in [5.74, 6) is 1.40. The van der Waals surface area contributed by atoms with Gasteiger partial charge in [-0.1, -0.05) is 0 Å². The molecule has 0 aromatic carbocycles. The molecule has 0 bridgehead atoms. The van der Waals surface area contributed by atoms with Crippen LogP contribution >= 0.6 is 0 Å². The van der Waals surface area contributed by atoms with E-state index in [4.69, 9.17) is 4.98 Å². The van der Waals surface area contributed by atoms with Gasteiger partial charge in [0.1, 0.15) is 18.0 Å². The Bertz CT molecular complexity index is 1200. The number of rotatable bonds is 6. The molecule has 0 radical (unpaired) electrons. The number of anilines is 1. The van der Waals surface area contributed by atoms with Crippen molar-refractivity contribution >= 4 is 22.6 Å². The number of pyridine rings is 1. The number of hydrogen-bond donors (Lipinski definition) is 1. The standard InChI is InChI=1S/C21H25FN8/c1-13-24-18-5-4-17(26-20(18)29(13)9-7-22)16-6-8-30-19(16)12-23-21(27-30)25-14-10-15(11-14)28(2)3/h4-6,8,12,14-15H,7,9-11H2,1-3H3,(H,25,27)/t14-,15+. The summed E-state index contributed by atoms with van der Waals surface area (Å²) in [6.45, 7) is 1.67. The van der Waals surface area contributed by atoms with Gasteiger partial charge in [-0.15, -0.1) is 5.10 Å². The topological polar surface area (TPSA) is 76.2 Å². The first-order valence-corrected chi connectivity index (χ1v) is 10.2. The maximum atomic E-state index is 13.0. The fraction of sp³-hybridized carbons (Fsp3) is 0.429. The molecule has 8 nitrogen and oxygen atoms in total. The van der Waals surface area contributed by atoms with Crippen LogP contribution in [-0.4, -0.2) is 66.9 Å². The summed E-state index contributed by atoms with van der Waals surface area (Å²) in [6, 6.07) is 6.88. The van der Waals surface area contributed by atoms with E-state index in [2.05, 4.69) is 39.4 Å². The van der Waals surface area contributed by atoms with E-state index < -0.39 is 6.67 Å². The second-order valence-electron chi connectivity index (χ2n) is 8.11. The van der Waals surface area contributed by atoms with Gasteiger partial charge in [0.05, 0.1) is 24.0 Å². The molecular weight excluding hydrogens is 383 g/mol. The maximum absolute atomic E-state index is 13.0. The van der Waals surface area contributed by atoms with E-state index in [1.807, 2.05) is 46.6 Å². The molecule has 0 unspecified atom stereocenters. The van der Waals surface area contributed by atoms with Crippen molar-refractivity contribution in [1.29, 1.82) is 0 Å². The fourth-order valence-electron chi connectivity index (χ4n) is 4.11. The summed E-state index contributed by atoms with van der Waals surface area (Å²) >= 11 is 0. The van der Waals surface area contributed by atoms with Crippen molar-refractivity contribution in [3.63, 3.8) is 0 Å². The van der Waals surface area contributed by atoms with Crippen molar-refractivity contribution < 1.29 is 4.39 Å². The summed E-state index contributed by atoms with van der Waals surface area (Å²) in [4.78, 5) is 16.0. The molecule has 1 fully saturated rings. The predicted octanol–water partition coefficient (Wildman–Crippen LogP) is 2.92. The lowest BCUT2D eigenvalue weighted by Gasteiger charge is -2.39. The smallest absolute Gasteiger partial charge is 0.241 e. The van der Waals surface area contributed by atoms with E-state index in [1.165, 1.54) is 0 Å². The minimum absolute atomic E-state index is 0.253. The van der Waals surface area contributed by atoms with Crippen LogP contribution < -0.4 is 5.32 Å². The summed E-state index contributed by atoms with van der Waals surface area (Å²) in [6.07, 6.45) is 5.93. The predicted molar refractivity (Wildman–Crippen MR) is 114 cm³/mol. The number of fused-ring (bicyclic) bond motifs is 2. The largest absolute Gasteiger partial charge is 0.350 e. The number of hydrogen-bond acceptors (Lipinski definition) is 6. The van der Waals surface area contributed by atoms with Gasteiger partial charge in [0.2, 0.25) is 5.95 Å². The van der Waals surface area contributed by atoms with Gasteiger partial charge in [0, 0.05) is 23.8 Å². The monoisotopic (exact) mass is 408 g/mol. The van der Waals surface area contributed by atoms with Crippen LogP contribution in [0.5, 0.6) is 0 Å². The molecule has 30 heavy (non-hydrogen) atoms. The number of imidazole rings is 1. The Morgan fingerprint density at radius 3 is 2.80 bits per heavy atom. The normalized spacial score (nSPS) is 19.0. The number of nitrogens with one attached hydrogen (secondary N) is 1. The highest BCUT2D eigenvalue weighted by atomic mass is 19.1. The van der Waals surface area contributed by atoms with Crippen molar-refractivity contribution in [2.45, 2.75) is 38.4 Å². The van der Waals surface area contributed by atoms with E-state index in [0.717, 1.165) is 41.0 Å². The third-order valence-electron chi connectivity index (χ3n) is 5.96. The van der Waals surface area contributed by atoms with Gasteiger partial charge >= 0.3 is 0 Å². The van der Waals surface area contributed by atoms with E-state index in [-0.39, 0.29) is 6.54 Å². The molecule has 1 N–H and O–H groups in total. The van der Waals surface area contributed by atoms with E-state index in [9.17, 15) is 4.39 Å². The molecular formula is C21H25FN8. The van der Waals surface area contributed by atoms with Crippen molar-refractivity contribution in [3.8, 4) is 11.3 Å². The van der Waals surface area contributed by atoms with Crippen LogP contribution in [0.25, 0.3) is 27.9 Å². The molecule has 0 aliphatic heterocycles. The Labute approximate surface area is 173 Å². The molecule has 0 amide bonds. The number of aryl methyl sites for hydroxylation is 2. The van der Waals surface area contributed by atoms with Crippen molar-refractivity contribution in [1.82, 2.24) is 34.0 Å². The molecule has 4 aromatic rings. The van der Waals surface area contributed by atoms with Crippen LogP contribution in [0.4, 0.5) is 10.3 Å². The fourth-order valence-corrected chi connectivity index (χ4v) is 4.11. The third kappa shape index (κ3) is 3.19. The van der Waals surface area contributed by atoms with Gasteiger partial charge in [0.15, 0.2) is 5.65 Å². The van der Waals surface area contributed by atoms with Crippen LogP contribution in [0, 0.1) is 6.92 Å². The second-order valence-corrected chi connectivity index (χ2v) is 8.11. The average molecular weight is 408 g/mol. The lowest BCUT2D eigenvalue weighted by atomic mass is 9.86. The summed E-state index contributed by atoms with van der Waals surface area (Å²) in [7, 11) is 4.23. The number of aromatic nitrogens is 6. The van der Waals surface area contributed by atoms with Crippen molar-refractivity contribution in [2.24, 2.45) is 0 Å². The lowest BCUT2D eigenvalue weighted by Crippen LogP contribution is -2.47. The zero-order valence-corrected chi connectivity index (χ0v) is 17.4. The first kappa shape index (κ1) is 18.9. The molecule has 1 aliphatic carbocycles. The Hall–Kier alpha value is -3.07. The van der Waals surface area contributed by atoms with Crippen LogP contribution in [0.3, 0.4) is 0 Å². The highest BCUT2D eigenvalue weighted by molar-refractivity contribution is 5.82. The zero-order chi connectivity index (χ0) is 20.8. The Morgan fingerprint density at radius 1 is 1.20 bits per heavy atom. The Kier molecular flexibility index (Phi) is 4.62. The average Bonchev–Trinajstić information content (AvgIpc) is 3.24. The van der Waals surface area contributed by atoms with Gasteiger partial charge in [-0.25, -0.2) is 23.9 Å². The van der Waals surface area contributed by atoms with Crippen LogP contribution in [0.15, 0.2) is 30.6 Å². The second kappa shape index (κ2) is 7.32. The van der Waals surface area contributed by atoms with E-state index >= 15 is 0 Å². The van der Waals surface area contributed by atoms with Gasteiger partial charge < -0.3 is 14.8 Å². The van der Waals surface area contributed by atoms with Gasteiger partial charge in [-0.3, -0.25) is 0 Å². The van der Waals surface area contributed by atoms with Crippen LogP contribution in [0.1, 0.15) is 18.7 Å². The SMILES string of the molecule is Cc1nc2ccc(-c3ccn4nc(N[C@H]5C[C@@H](N(C)C)C5)ncc34)nc2n1CCF. The lowest BCUT2D eigenvalue weighted by molar-refractivity contribution is 0.177. The molecule has 4 heterocycles. The Morgan fingerprint density at radius 2 is 2.03 bits per heavy atom. The minimum Gasteiger partial charge on any atom is -0.350 e. The number of alkyl halides is 1. The summed E-state index contributed by atoms with van der Waals surface area (Å²) < 4.78 is 16.6. The summed E-state index contributed by atoms with van der Waals surface area (Å²) in [5, 5.41) is 8.03. The van der Waals surface area contributed by atoms with Crippen LogP contribution in [0.2, 0.25) is 0 Å².